The maximum atomic E-state index is 13.1. The molecule has 2 aromatic carbocycles. The van der Waals surface area contributed by atoms with Crippen molar-refractivity contribution in [3.63, 3.8) is 0 Å². The van der Waals surface area contributed by atoms with E-state index in [2.05, 4.69) is 37.5 Å². The summed E-state index contributed by atoms with van der Waals surface area (Å²) in [6.45, 7) is 1.70. The second-order valence-corrected chi connectivity index (χ2v) is 9.35. The van der Waals surface area contributed by atoms with E-state index in [-0.39, 0.29) is 5.56 Å². The Balaban J connectivity index is 1.44. The van der Waals surface area contributed by atoms with Gasteiger partial charge in [0.2, 0.25) is 0 Å². The largest absolute Gasteiger partial charge is 0.493 e. The molecule has 5 rings (SSSR count). The fourth-order valence-corrected chi connectivity index (χ4v) is 5.07. The number of aromatic nitrogens is 5. The monoisotopic (exact) mass is 488 g/mol. The zero-order valence-electron chi connectivity index (χ0n) is 20.8. The van der Waals surface area contributed by atoms with Crippen LogP contribution < -0.4 is 15.0 Å². The van der Waals surface area contributed by atoms with Gasteiger partial charge in [-0.05, 0) is 41.0 Å². The predicted octanol–water partition coefficient (Wildman–Crippen LogP) is 3.92. The summed E-state index contributed by atoms with van der Waals surface area (Å²) >= 11 is 0. The molecule has 0 unspecified atom stereocenters. The molecule has 188 valence electrons. The van der Waals surface area contributed by atoms with Crippen LogP contribution in [0.1, 0.15) is 49.1 Å². The number of methoxy groups -OCH3 is 2. The van der Waals surface area contributed by atoms with Crippen LogP contribution in [0.4, 0.5) is 0 Å². The van der Waals surface area contributed by atoms with Crippen LogP contribution in [0.3, 0.4) is 0 Å². The number of benzene rings is 2. The molecule has 1 N–H and O–H groups in total. The highest BCUT2D eigenvalue weighted by molar-refractivity contribution is 5.83. The van der Waals surface area contributed by atoms with Crippen molar-refractivity contribution in [2.75, 3.05) is 14.2 Å². The van der Waals surface area contributed by atoms with Gasteiger partial charge in [-0.1, -0.05) is 49.6 Å². The van der Waals surface area contributed by atoms with Crippen LogP contribution in [0.2, 0.25) is 0 Å². The zero-order valence-corrected chi connectivity index (χ0v) is 20.8. The van der Waals surface area contributed by atoms with Gasteiger partial charge in [0.05, 0.1) is 32.8 Å². The predicted molar refractivity (Wildman–Crippen MR) is 137 cm³/mol. The molecular formula is C27H32N6O3. The second-order valence-electron chi connectivity index (χ2n) is 9.35. The number of pyridine rings is 1. The number of hydrogen-bond donors (Lipinski definition) is 1. The van der Waals surface area contributed by atoms with Crippen molar-refractivity contribution < 1.29 is 9.47 Å². The molecule has 0 radical (unpaired) electrons. The van der Waals surface area contributed by atoms with E-state index in [0.29, 0.717) is 42.7 Å². The first-order chi connectivity index (χ1) is 17.6. The summed E-state index contributed by atoms with van der Waals surface area (Å²) in [5, 5.41) is 13.5. The highest BCUT2D eigenvalue weighted by Gasteiger charge is 2.25. The second kappa shape index (κ2) is 10.9. The van der Waals surface area contributed by atoms with E-state index in [4.69, 9.17) is 9.47 Å². The van der Waals surface area contributed by atoms with Gasteiger partial charge in [-0.15, -0.1) is 5.10 Å². The number of ether oxygens (including phenoxy) is 2. The van der Waals surface area contributed by atoms with E-state index in [9.17, 15) is 4.79 Å². The number of tetrazole rings is 1. The summed E-state index contributed by atoms with van der Waals surface area (Å²) < 4.78 is 12.7. The number of hydrogen-bond acceptors (Lipinski definition) is 7. The minimum Gasteiger partial charge on any atom is -0.493 e. The zero-order chi connectivity index (χ0) is 24.9. The van der Waals surface area contributed by atoms with Crippen molar-refractivity contribution in [1.29, 1.82) is 0 Å². The summed E-state index contributed by atoms with van der Waals surface area (Å²) in [7, 11) is 3.20. The molecule has 2 aromatic heterocycles. The van der Waals surface area contributed by atoms with Crippen molar-refractivity contribution in [3.05, 3.63) is 75.8 Å². The summed E-state index contributed by atoms with van der Waals surface area (Å²) in [6, 6.07) is 16.2. The fourth-order valence-electron chi connectivity index (χ4n) is 5.07. The molecule has 1 saturated carbocycles. The maximum absolute atomic E-state index is 13.1. The van der Waals surface area contributed by atoms with Gasteiger partial charge < -0.3 is 14.5 Å². The van der Waals surface area contributed by atoms with E-state index >= 15 is 0 Å². The minimum absolute atomic E-state index is 0.0978. The summed E-state index contributed by atoms with van der Waals surface area (Å²) in [5.41, 5.74) is 2.48. The highest BCUT2D eigenvalue weighted by Crippen LogP contribution is 2.31. The number of fused-ring (bicyclic) bond motifs is 1. The molecule has 1 aliphatic carbocycles. The van der Waals surface area contributed by atoms with E-state index in [1.807, 2.05) is 35.0 Å². The first-order valence-corrected chi connectivity index (χ1v) is 12.5. The van der Waals surface area contributed by atoms with Crippen molar-refractivity contribution >= 4 is 10.9 Å². The Labute approximate surface area is 210 Å². The SMILES string of the molecule is COc1cc2cc(CN(Cc3nnnn3Cc3ccccc3)C3CCCCC3)c(=O)[nH]c2cc1OC. The molecule has 1 aliphatic rings. The van der Waals surface area contributed by atoms with Gasteiger partial charge in [-0.2, -0.15) is 0 Å². The van der Waals surface area contributed by atoms with Crippen LogP contribution in [0.25, 0.3) is 10.9 Å². The van der Waals surface area contributed by atoms with Crippen LogP contribution in [0, 0.1) is 0 Å². The van der Waals surface area contributed by atoms with Crippen LogP contribution in [0.5, 0.6) is 11.5 Å². The smallest absolute Gasteiger partial charge is 0.252 e. The molecule has 9 heteroatoms. The van der Waals surface area contributed by atoms with Crippen LogP contribution in [-0.4, -0.2) is 50.4 Å². The van der Waals surface area contributed by atoms with Gasteiger partial charge in [-0.3, -0.25) is 9.69 Å². The lowest BCUT2D eigenvalue weighted by molar-refractivity contribution is 0.134. The average molecular weight is 489 g/mol. The van der Waals surface area contributed by atoms with E-state index in [1.54, 1.807) is 20.3 Å². The van der Waals surface area contributed by atoms with Crippen molar-refractivity contribution in [2.24, 2.45) is 0 Å². The first-order valence-electron chi connectivity index (χ1n) is 12.5. The third-order valence-corrected chi connectivity index (χ3v) is 7.02. The Bertz CT molecular complexity index is 1360. The molecule has 0 aliphatic heterocycles. The van der Waals surface area contributed by atoms with Gasteiger partial charge in [0.1, 0.15) is 0 Å². The molecule has 4 aromatic rings. The van der Waals surface area contributed by atoms with E-state index in [0.717, 1.165) is 35.1 Å². The average Bonchev–Trinajstić information content (AvgIpc) is 3.35. The lowest BCUT2D eigenvalue weighted by Gasteiger charge is -2.33. The van der Waals surface area contributed by atoms with E-state index in [1.165, 1.54) is 19.3 Å². The molecular weight excluding hydrogens is 456 g/mol. The number of nitrogens with one attached hydrogen (secondary N) is 1. The van der Waals surface area contributed by atoms with Crippen LogP contribution >= 0.6 is 0 Å². The quantitative estimate of drug-likeness (QED) is 0.381. The topological polar surface area (TPSA) is 98.2 Å². The third-order valence-electron chi connectivity index (χ3n) is 7.02. The van der Waals surface area contributed by atoms with Gasteiger partial charge >= 0.3 is 0 Å². The van der Waals surface area contributed by atoms with Gasteiger partial charge in [0.25, 0.3) is 5.56 Å². The standard InChI is InChI=1S/C27H32N6O3/c1-35-24-14-20-13-21(27(34)28-23(20)15-25(24)36-2)17-32(22-11-7-4-8-12-22)18-26-29-30-31-33(26)16-19-9-5-3-6-10-19/h3,5-6,9-10,13-15,22H,4,7-8,11-12,16-18H2,1-2H3,(H,28,34). The maximum Gasteiger partial charge on any atom is 0.252 e. The Morgan fingerprint density at radius 1 is 1.00 bits per heavy atom. The summed E-state index contributed by atoms with van der Waals surface area (Å²) in [4.78, 5) is 18.5. The van der Waals surface area contributed by atoms with Crippen molar-refractivity contribution in [1.82, 2.24) is 30.1 Å². The molecule has 0 bridgehead atoms. The molecule has 0 atom stereocenters. The van der Waals surface area contributed by atoms with Gasteiger partial charge in [-0.25, -0.2) is 4.68 Å². The number of aromatic amines is 1. The molecule has 0 amide bonds. The number of nitrogens with zero attached hydrogens (tertiary/aromatic N) is 5. The lowest BCUT2D eigenvalue weighted by Crippen LogP contribution is -2.38. The Kier molecular flexibility index (Phi) is 7.27. The minimum atomic E-state index is -0.0978. The molecule has 0 spiro atoms. The van der Waals surface area contributed by atoms with E-state index < -0.39 is 0 Å². The highest BCUT2D eigenvalue weighted by atomic mass is 16.5. The lowest BCUT2D eigenvalue weighted by atomic mass is 9.93. The van der Waals surface area contributed by atoms with Gasteiger partial charge in [0.15, 0.2) is 17.3 Å². The normalized spacial score (nSPS) is 14.4. The molecule has 0 saturated heterocycles. The first kappa shape index (κ1) is 24.0. The van der Waals surface area contributed by atoms with Crippen molar-refractivity contribution in [2.45, 2.75) is 57.8 Å². The Morgan fingerprint density at radius 3 is 2.50 bits per heavy atom. The van der Waals surface area contributed by atoms with Crippen LogP contribution in [-0.2, 0) is 19.6 Å². The molecule has 36 heavy (non-hydrogen) atoms. The summed E-state index contributed by atoms with van der Waals surface area (Å²) in [6.07, 6.45) is 5.87. The molecule has 1 fully saturated rings. The fraction of sp³-hybridized carbons (Fsp3) is 0.407. The third kappa shape index (κ3) is 5.26. The summed E-state index contributed by atoms with van der Waals surface area (Å²) in [5.74, 6) is 2.02. The number of H-pyrrole nitrogens is 1. The Morgan fingerprint density at radius 2 is 1.75 bits per heavy atom. The Hall–Kier alpha value is -3.72. The molecule has 9 nitrogen and oxygen atoms in total. The number of rotatable bonds is 9. The van der Waals surface area contributed by atoms with Crippen molar-refractivity contribution in [3.8, 4) is 11.5 Å². The molecule has 2 heterocycles. The van der Waals surface area contributed by atoms with Gasteiger partial charge in [0, 0.05) is 29.6 Å². The van der Waals surface area contributed by atoms with Crippen LogP contribution in [0.15, 0.2) is 53.3 Å².